The van der Waals surface area contributed by atoms with Gasteiger partial charge < -0.3 is 23.8 Å². The summed E-state index contributed by atoms with van der Waals surface area (Å²) in [6, 6.07) is 7.25. The van der Waals surface area contributed by atoms with Crippen LogP contribution in [0.25, 0.3) is 22.2 Å². The van der Waals surface area contributed by atoms with Crippen LogP contribution in [0, 0.1) is 20.8 Å². The van der Waals surface area contributed by atoms with E-state index in [-0.39, 0.29) is 5.92 Å². The Morgan fingerprint density at radius 2 is 1.80 bits per heavy atom. The predicted octanol–water partition coefficient (Wildman–Crippen LogP) is 5.75. The van der Waals surface area contributed by atoms with Gasteiger partial charge in [0.2, 0.25) is 0 Å². The van der Waals surface area contributed by atoms with Crippen molar-refractivity contribution in [2.24, 2.45) is 0 Å². The molecule has 2 aliphatic rings. The normalized spacial score (nSPS) is 17.1. The predicted molar refractivity (Wildman–Crippen MR) is 145 cm³/mol. The number of benzene rings is 1. The van der Waals surface area contributed by atoms with Gasteiger partial charge in [-0.3, -0.25) is 4.98 Å². The van der Waals surface area contributed by atoms with Crippen LogP contribution in [0.3, 0.4) is 0 Å². The third-order valence-corrected chi connectivity index (χ3v) is 7.26. The van der Waals surface area contributed by atoms with E-state index in [0.29, 0.717) is 50.7 Å². The van der Waals surface area contributed by atoms with Gasteiger partial charge in [0.05, 0.1) is 16.7 Å². The number of nitrogens with zero attached hydrogens (tertiary/aromatic N) is 4. The maximum Gasteiger partial charge on any atom is 0.420 e. The summed E-state index contributed by atoms with van der Waals surface area (Å²) in [6.45, 7) is 11.0. The van der Waals surface area contributed by atoms with Crippen molar-refractivity contribution in [1.82, 2.24) is 19.7 Å². The number of pyridine rings is 1. The highest BCUT2D eigenvalue weighted by atomic mass is 16.7. The number of carbonyl (C=O) groups excluding carboxylic acids is 1. The minimum atomic E-state index is -1.86. The molecule has 0 radical (unpaired) electrons. The Labute approximate surface area is 231 Å². The van der Waals surface area contributed by atoms with E-state index < -0.39 is 23.6 Å². The van der Waals surface area contributed by atoms with Crippen molar-refractivity contribution in [2.45, 2.75) is 77.8 Å². The van der Waals surface area contributed by atoms with Crippen LogP contribution in [0.4, 0.5) is 4.79 Å². The first kappa shape index (κ1) is 26.1. The molecule has 208 valence electrons. The van der Waals surface area contributed by atoms with E-state index in [4.69, 9.17) is 23.7 Å². The highest BCUT2D eigenvalue weighted by Crippen LogP contribution is 2.46. The lowest BCUT2D eigenvalue weighted by molar-refractivity contribution is -0.155. The molecule has 3 aromatic heterocycles. The highest BCUT2D eigenvalue weighted by Gasteiger charge is 2.49. The summed E-state index contributed by atoms with van der Waals surface area (Å²) < 4.78 is 24.4. The molecule has 1 saturated carbocycles. The van der Waals surface area contributed by atoms with Gasteiger partial charge in [-0.25, -0.2) is 14.3 Å². The van der Waals surface area contributed by atoms with Crippen LogP contribution >= 0.6 is 0 Å². The van der Waals surface area contributed by atoms with Gasteiger partial charge in [0.25, 0.3) is 6.29 Å². The van der Waals surface area contributed by atoms with Crippen LogP contribution in [0.2, 0.25) is 0 Å². The zero-order valence-corrected chi connectivity index (χ0v) is 23.4. The van der Waals surface area contributed by atoms with Gasteiger partial charge in [-0.2, -0.15) is 0 Å². The van der Waals surface area contributed by atoms with E-state index in [0.717, 1.165) is 18.4 Å². The standard InChI is InChI=1S/C30H32N4O6/c1-16-21(8-7-11-31-16)30(36,27-37-12-13-38-27)22-14-20(24-17(2)33-40-18(24)3)15-23-25(22)32-26(19-9-10-19)34(23)28(35)39-29(4,5)6/h7-8,11-15,19,27,36H,9-10H2,1-6H3. The molecule has 1 aliphatic heterocycles. The van der Waals surface area contributed by atoms with Gasteiger partial charge in [0.15, 0.2) is 5.60 Å². The van der Waals surface area contributed by atoms with Crippen LogP contribution in [0.15, 0.2) is 47.5 Å². The number of rotatable bonds is 5. The second kappa shape index (κ2) is 9.19. The first-order chi connectivity index (χ1) is 19.0. The summed E-state index contributed by atoms with van der Waals surface area (Å²) in [4.78, 5) is 23.1. The van der Waals surface area contributed by atoms with Crippen molar-refractivity contribution in [2.75, 3.05) is 0 Å². The second-order valence-electron chi connectivity index (χ2n) is 11.4. The Bertz CT molecular complexity index is 1630. The van der Waals surface area contributed by atoms with Crippen LogP contribution in [-0.4, -0.2) is 42.8 Å². The summed E-state index contributed by atoms with van der Waals surface area (Å²) in [6.07, 6.45) is 4.60. The first-order valence-corrected chi connectivity index (χ1v) is 13.3. The van der Waals surface area contributed by atoms with Crippen molar-refractivity contribution >= 4 is 17.1 Å². The van der Waals surface area contributed by atoms with Crippen LogP contribution in [0.5, 0.6) is 0 Å². The van der Waals surface area contributed by atoms with Crippen molar-refractivity contribution < 1.29 is 28.6 Å². The van der Waals surface area contributed by atoms with Crippen LogP contribution < -0.4 is 0 Å². The maximum absolute atomic E-state index is 13.7. The first-order valence-electron chi connectivity index (χ1n) is 13.3. The molecule has 1 N–H and O–H groups in total. The van der Waals surface area contributed by atoms with E-state index in [9.17, 15) is 9.90 Å². The Morgan fingerprint density at radius 1 is 1.07 bits per heavy atom. The summed E-state index contributed by atoms with van der Waals surface area (Å²) >= 11 is 0. The van der Waals surface area contributed by atoms with Gasteiger partial charge in [0, 0.05) is 34.5 Å². The Kier molecular flexibility index (Phi) is 5.99. The molecule has 40 heavy (non-hydrogen) atoms. The van der Waals surface area contributed by atoms with Gasteiger partial charge in [-0.15, -0.1) is 0 Å². The van der Waals surface area contributed by atoms with E-state index in [2.05, 4.69) is 10.1 Å². The fraction of sp³-hybridized carbons (Fsp3) is 0.400. The number of carbonyl (C=O) groups is 1. The number of aliphatic hydroxyl groups is 1. The molecule has 0 amide bonds. The van der Waals surface area contributed by atoms with Crippen molar-refractivity contribution in [3.05, 3.63) is 77.1 Å². The van der Waals surface area contributed by atoms with Gasteiger partial charge in [-0.05, 0) is 78.1 Å². The van der Waals surface area contributed by atoms with Gasteiger partial charge in [-0.1, -0.05) is 11.2 Å². The lowest BCUT2D eigenvalue weighted by Crippen LogP contribution is -2.42. The topological polar surface area (TPSA) is 122 Å². The monoisotopic (exact) mass is 544 g/mol. The Hall–Kier alpha value is -4.18. The summed E-state index contributed by atoms with van der Waals surface area (Å²) in [5.74, 6) is 1.30. The number of ether oxygens (including phenoxy) is 3. The number of aromatic nitrogens is 4. The number of hydrogen-bond acceptors (Lipinski definition) is 9. The average Bonchev–Trinajstić information content (AvgIpc) is 3.28. The number of imidazole rings is 1. The number of fused-ring (bicyclic) bond motifs is 1. The third-order valence-electron chi connectivity index (χ3n) is 7.26. The molecule has 1 aliphatic carbocycles. The second-order valence-corrected chi connectivity index (χ2v) is 11.4. The lowest BCUT2D eigenvalue weighted by Gasteiger charge is -2.34. The van der Waals surface area contributed by atoms with Gasteiger partial charge in [0.1, 0.15) is 29.7 Å². The lowest BCUT2D eigenvalue weighted by atomic mass is 9.82. The molecule has 1 unspecified atom stereocenters. The molecule has 10 heteroatoms. The summed E-state index contributed by atoms with van der Waals surface area (Å²) in [7, 11) is 0. The molecule has 0 saturated heterocycles. The molecule has 6 rings (SSSR count). The Balaban J connectivity index is 1.71. The van der Waals surface area contributed by atoms with Gasteiger partial charge >= 0.3 is 6.09 Å². The molecule has 1 atom stereocenters. The van der Waals surface area contributed by atoms with Crippen LogP contribution in [0.1, 0.15) is 73.6 Å². The average molecular weight is 545 g/mol. The van der Waals surface area contributed by atoms with Crippen molar-refractivity contribution in [1.29, 1.82) is 0 Å². The molecule has 4 aromatic rings. The van der Waals surface area contributed by atoms with E-state index >= 15 is 0 Å². The van der Waals surface area contributed by atoms with Crippen molar-refractivity contribution in [3.63, 3.8) is 0 Å². The number of hydrogen-bond donors (Lipinski definition) is 1. The minimum absolute atomic E-state index is 0.101. The van der Waals surface area contributed by atoms with E-state index in [1.165, 1.54) is 17.1 Å². The number of aryl methyl sites for hydroxylation is 3. The highest BCUT2D eigenvalue weighted by molar-refractivity contribution is 5.94. The van der Waals surface area contributed by atoms with E-state index in [1.807, 2.05) is 53.7 Å². The summed E-state index contributed by atoms with van der Waals surface area (Å²) in [5, 5.41) is 16.9. The SMILES string of the molecule is Cc1ncccc1C(O)(c1cc(-c2c(C)noc2C)cc2c1nc(C1CC1)n2C(=O)OC(C)(C)C)C1OC=CO1. The largest absolute Gasteiger partial charge is 0.456 e. The molecule has 10 nitrogen and oxygen atoms in total. The third kappa shape index (κ3) is 4.23. The molecular formula is C30H32N4O6. The maximum atomic E-state index is 13.7. The molecular weight excluding hydrogens is 512 g/mol. The zero-order valence-electron chi connectivity index (χ0n) is 23.4. The van der Waals surface area contributed by atoms with Crippen LogP contribution in [-0.2, 0) is 19.8 Å². The fourth-order valence-electron chi connectivity index (χ4n) is 5.36. The fourth-order valence-corrected chi connectivity index (χ4v) is 5.36. The molecule has 1 aromatic carbocycles. The smallest absolute Gasteiger partial charge is 0.420 e. The molecule has 0 bridgehead atoms. The quantitative estimate of drug-likeness (QED) is 0.334. The molecule has 4 heterocycles. The Morgan fingerprint density at radius 3 is 2.40 bits per heavy atom. The zero-order chi connectivity index (χ0) is 28.4. The molecule has 1 fully saturated rings. The summed E-state index contributed by atoms with van der Waals surface area (Å²) in [5.41, 5.74) is 1.95. The van der Waals surface area contributed by atoms with E-state index in [1.54, 1.807) is 18.3 Å². The molecule has 0 spiro atoms. The minimum Gasteiger partial charge on any atom is -0.456 e. The van der Waals surface area contributed by atoms with Crippen molar-refractivity contribution in [3.8, 4) is 11.1 Å².